The SMILES string of the molecule is CCOc1ccc(S(=O)(=O)NC(c2ncon2)C2CC2)cc1C. The highest BCUT2D eigenvalue weighted by atomic mass is 32.2. The molecule has 1 N–H and O–H groups in total. The van der Waals surface area contributed by atoms with Crippen molar-refractivity contribution in [3.05, 3.63) is 36.0 Å². The molecule has 1 atom stereocenters. The molecule has 0 aliphatic heterocycles. The van der Waals surface area contributed by atoms with Gasteiger partial charge in [-0.05, 0) is 56.4 Å². The van der Waals surface area contributed by atoms with Gasteiger partial charge in [-0.25, -0.2) is 8.42 Å². The highest BCUT2D eigenvalue weighted by Gasteiger charge is 2.38. The van der Waals surface area contributed by atoms with E-state index in [1.165, 1.54) is 6.39 Å². The Morgan fingerprint density at radius 3 is 2.78 bits per heavy atom. The molecule has 1 unspecified atom stereocenters. The minimum absolute atomic E-state index is 0.201. The quantitative estimate of drug-likeness (QED) is 0.832. The molecule has 23 heavy (non-hydrogen) atoms. The van der Waals surface area contributed by atoms with Gasteiger partial charge < -0.3 is 9.26 Å². The summed E-state index contributed by atoms with van der Waals surface area (Å²) in [5, 5.41) is 3.78. The number of hydrogen-bond acceptors (Lipinski definition) is 6. The standard InChI is InChI=1S/C15H19N3O4S/c1-3-21-13-7-6-12(8-10(13)2)23(19,20)18-14(11-4-5-11)15-16-9-22-17-15/h6-9,11,14,18H,3-5H2,1-2H3. The van der Waals surface area contributed by atoms with E-state index in [9.17, 15) is 8.42 Å². The fourth-order valence-electron chi connectivity index (χ4n) is 2.45. The minimum Gasteiger partial charge on any atom is -0.494 e. The van der Waals surface area contributed by atoms with Crippen molar-refractivity contribution in [3.63, 3.8) is 0 Å². The summed E-state index contributed by atoms with van der Waals surface area (Å²) < 4.78 is 38.2. The Morgan fingerprint density at radius 1 is 1.43 bits per heavy atom. The summed E-state index contributed by atoms with van der Waals surface area (Å²) in [7, 11) is -3.67. The van der Waals surface area contributed by atoms with Crippen molar-refractivity contribution in [2.24, 2.45) is 5.92 Å². The summed E-state index contributed by atoms with van der Waals surface area (Å²) in [6.07, 6.45) is 3.11. The van der Waals surface area contributed by atoms with Gasteiger partial charge >= 0.3 is 0 Å². The number of aryl methyl sites for hydroxylation is 1. The van der Waals surface area contributed by atoms with Crippen LogP contribution in [0, 0.1) is 12.8 Å². The fourth-order valence-corrected chi connectivity index (χ4v) is 3.79. The van der Waals surface area contributed by atoms with E-state index in [1.807, 2.05) is 13.8 Å². The molecule has 1 aliphatic carbocycles. The molecule has 124 valence electrons. The molecule has 1 aliphatic rings. The summed E-state index contributed by atoms with van der Waals surface area (Å²) >= 11 is 0. The molecule has 8 heteroatoms. The second-order valence-corrected chi connectivity index (χ2v) is 7.30. The van der Waals surface area contributed by atoms with Gasteiger partial charge in [0.15, 0.2) is 5.82 Å². The Hall–Kier alpha value is -1.93. The summed E-state index contributed by atoms with van der Waals surface area (Å²) in [5.74, 6) is 1.27. The van der Waals surface area contributed by atoms with E-state index >= 15 is 0 Å². The number of hydrogen-bond donors (Lipinski definition) is 1. The predicted octanol–water partition coefficient (Wildman–Crippen LogP) is 2.21. The van der Waals surface area contributed by atoms with Crippen LogP contribution in [-0.4, -0.2) is 25.2 Å². The van der Waals surface area contributed by atoms with Crippen LogP contribution in [0.1, 0.15) is 37.2 Å². The Kier molecular flexibility index (Phi) is 4.36. The van der Waals surface area contributed by atoms with Crippen molar-refractivity contribution < 1.29 is 17.7 Å². The zero-order chi connectivity index (χ0) is 16.4. The van der Waals surface area contributed by atoms with Crippen LogP contribution in [-0.2, 0) is 10.0 Å². The first kappa shape index (κ1) is 15.9. The Morgan fingerprint density at radius 2 is 2.22 bits per heavy atom. The van der Waals surface area contributed by atoms with E-state index in [4.69, 9.17) is 9.26 Å². The minimum atomic E-state index is -3.67. The third-order valence-corrected chi connectivity index (χ3v) is 5.23. The van der Waals surface area contributed by atoms with Crippen LogP contribution in [0.25, 0.3) is 0 Å². The van der Waals surface area contributed by atoms with Gasteiger partial charge in [0, 0.05) is 0 Å². The van der Waals surface area contributed by atoms with Crippen molar-refractivity contribution in [2.75, 3.05) is 6.61 Å². The maximum atomic E-state index is 12.7. The molecule has 0 spiro atoms. The molecule has 3 rings (SSSR count). The molecule has 0 radical (unpaired) electrons. The third kappa shape index (κ3) is 3.53. The summed E-state index contributed by atoms with van der Waals surface area (Å²) in [4.78, 5) is 4.19. The lowest BCUT2D eigenvalue weighted by Gasteiger charge is -2.16. The summed E-state index contributed by atoms with van der Waals surface area (Å²) in [5.41, 5.74) is 0.775. The number of ether oxygens (including phenoxy) is 1. The maximum Gasteiger partial charge on any atom is 0.241 e. The van der Waals surface area contributed by atoms with E-state index in [-0.39, 0.29) is 10.8 Å². The van der Waals surface area contributed by atoms with Crippen molar-refractivity contribution >= 4 is 10.0 Å². The van der Waals surface area contributed by atoms with Crippen LogP contribution in [0.3, 0.4) is 0 Å². The highest BCUT2D eigenvalue weighted by molar-refractivity contribution is 7.89. The molecule has 0 bridgehead atoms. The molecule has 1 aromatic heterocycles. The van der Waals surface area contributed by atoms with E-state index in [1.54, 1.807) is 18.2 Å². The molecule has 0 amide bonds. The molecule has 0 saturated heterocycles. The number of aromatic nitrogens is 2. The first-order valence-corrected chi connectivity index (χ1v) is 9.01. The lowest BCUT2D eigenvalue weighted by Crippen LogP contribution is -2.30. The third-order valence-electron chi connectivity index (χ3n) is 3.79. The van der Waals surface area contributed by atoms with Crippen molar-refractivity contribution in [3.8, 4) is 5.75 Å². The first-order chi connectivity index (χ1) is 11.0. The molecular formula is C15H19N3O4S. The first-order valence-electron chi connectivity index (χ1n) is 7.53. The van der Waals surface area contributed by atoms with Crippen LogP contribution in [0.4, 0.5) is 0 Å². The number of sulfonamides is 1. The van der Waals surface area contributed by atoms with Gasteiger partial charge in [0.25, 0.3) is 0 Å². The van der Waals surface area contributed by atoms with E-state index < -0.39 is 16.1 Å². The number of rotatable bonds is 7. The second-order valence-electron chi connectivity index (χ2n) is 5.59. The van der Waals surface area contributed by atoms with Crippen molar-refractivity contribution in [2.45, 2.75) is 37.6 Å². The van der Waals surface area contributed by atoms with E-state index in [2.05, 4.69) is 14.9 Å². The van der Waals surface area contributed by atoms with Gasteiger partial charge in [-0.3, -0.25) is 0 Å². The Bertz CT molecular complexity index is 770. The van der Waals surface area contributed by atoms with Gasteiger partial charge in [-0.15, -0.1) is 0 Å². The predicted molar refractivity (Wildman–Crippen MR) is 82.4 cm³/mol. The van der Waals surface area contributed by atoms with Gasteiger partial charge in [0.05, 0.1) is 17.5 Å². The number of nitrogens with zero attached hydrogens (tertiary/aromatic N) is 2. The molecule has 1 fully saturated rings. The smallest absolute Gasteiger partial charge is 0.241 e. The average Bonchev–Trinajstić information content (AvgIpc) is 3.21. The summed E-state index contributed by atoms with van der Waals surface area (Å²) in [6.45, 7) is 4.24. The van der Waals surface area contributed by atoms with Crippen LogP contribution >= 0.6 is 0 Å². The Balaban J connectivity index is 1.84. The van der Waals surface area contributed by atoms with Gasteiger partial charge in [-0.2, -0.15) is 9.71 Å². The average molecular weight is 337 g/mol. The molecule has 1 saturated carbocycles. The monoisotopic (exact) mass is 337 g/mol. The topological polar surface area (TPSA) is 94.3 Å². The number of benzene rings is 1. The van der Waals surface area contributed by atoms with Crippen LogP contribution in [0.5, 0.6) is 5.75 Å². The van der Waals surface area contributed by atoms with Crippen molar-refractivity contribution in [1.29, 1.82) is 0 Å². The van der Waals surface area contributed by atoms with E-state index in [0.29, 0.717) is 18.2 Å². The van der Waals surface area contributed by atoms with E-state index in [0.717, 1.165) is 18.4 Å². The van der Waals surface area contributed by atoms with Gasteiger partial charge in [0.1, 0.15) is 5.75 Å². The van der Waals surface area contributed by atoms with Crippen molar-refractivity contribution in [1.82, 2.24) is 14.9 Å². The highest BCUT2D eigenvalue weighted by Crippen LogP contribution is 2.40. The second kappa shape index (κ2) is 6.29. The largest absolute Gasteiger partial charge is 0.494 e. The lowest BCUT2D eigenvalue weighted by atomic mass is 10.2. The molecule has 1 heterocycles. The lowest BCUT2D eigenvalue weighted by molar-refractivity contribution is 0.337. The van der Waals surface area contributed by atoms with Crippen LogP contribution < -0.4 is 9.46 Å². The molecule has 1 aromatic carbocycles. The molecule has 2 aromatic rings. The van der Waals surface area contributed by atoms with Crippen LogP contribution in [0.2, 0.25) is 0 Å². The zero-order valence-electron chi connectivity index (χ0n) is 13.0. The van der Waals surface area contributed by atoms with Gasteiger partial charge in [0.2, 0.25) is 16.4 Å². The number of nitrogens with one attached hydrogen (secondary N) is 1. The zero-order valence-corrected chi connectivity index (χ0v) is 13.8. The normalized spacial score (nSPS) is 16.3. The fraction of sp³-hybridized carbons (Fsp3) is 0.467. The van der Waals surface area contributed by atoms with Gasteiger partial charge in [-0.1, -0.05) is 5.16 Å². The molecule has 7 nitrogen and oxygen atoms in total. The Labute approximate surface area is 135 Å². The van der Waals surface area contributed by atoms with Crippen LogP contribution in [0.15, 0.2) is 34.0 Å². The molecular weight excluding hydrogens is 318 g/mol. The summed E-state index contributed by atoms with van der Waals surface area (Å²) in [6, 6.07) is 4.37. The maximum absolute atomic E-state index is 12.7.